The number of rotatable bonds is 4. The topological polar surface area (TPSA) is 82.3 Å². The van der Waals surface area contributed by atoms with Crippen molar-refractivity contribution in [1.82, 2.24) is 10.1 Å². The Hall–Kier alpha value is -1.58. The van der Waals surface area contributed by atoms with E-state index in [9.17, 15) is 21.6 Å². The van der Waals surface area contributed by atoms with Gasteiger partial charge in [0.1, 0.15) is 11.2 Å². The number of alkyl halides is 3. The molecule has 10 heteroatoms. The van der Waals surface area contributed by atoms with Gasteiger partial charge in [0.05, 0.1) is 0 Å². The molecule has 1 aliphatic rings. The van der Waals surface area contributed by atoms with Crippen LogP contribution in [0, 0.1) is 6.92 Å². The molecule has 1 aromatic heterocycles. The van der Waals surface area contributed by atoms with Crippen LogP contribution in [0.3, 0.4) is 0 Å². The Balaban J connectivity index is 2.22. The number of hydrogen-bond acceptors (Lipinski definition) is 6. The first-order valence-electron chi connectivity index (χ1n) is 5.09. The van der Waals surface area contributed by atoms with Gasteiger partial charge < -0.3 is 8.71 Å². The van der Waals surface area contributed by atoms with Gasteiger partial charge in [-0.2, -0.15) is 26.6 Å². The zero-order valence-electron chi connectivity index (χ0n) is 9.69. The van der Waals surface area contributed by atoms with Crippen LogP contribution in [-0.4, -0.2) is 24.1 Å². The Morgan fingerprint density at radius 2 is 2.05 bits per heavy atom. The standard InChI is InChI=1S/C9H9F3N2O4S/c1-5(18-19(15,16)9(10,11)12)8(3-4-8)7-13-6(2)14-17-7/h1,3-4H2,2H3. The second-order valence-corrected chi connectivity index (χ2v) is 5.67. The van der Waals surface area contributed by atoms with Crippen molar-refractivity contribution < 1.29 is 30.3 Å². The van der Waals surface area contributed by atoms with Gasteiger partial charge >= 0.3 is 15.6 Å². The molecule has 0 N–H and O–H groups in total. The number of allylic oxidation sites excluding steroid dienone is 1. The summed E-state index contributed by atoms with van der Waals surface area (Å²) in [4.78, 5) is 3.86. The Kier molecular flexibility index (Phi) is 2.88. The lowest BCUT2D eigenvalue weighted by Crippen LogP contribution is -2.27. The zero-order valence-corrected chi connectivity index (χ0v) is 10.5. The van der Waals surface area contributed by atoms with E-state index in [1.54, 1.807) is 0 Å². The molecule has 0 bridgehead atoms. The third-order valence-corrected chi connectivity index (χ3v) is 3.70. The van der Waals surface area contributed by atoms with Crippen molar-refractivity contribution in [2.24, 2.45) is 0 Å². The quantitative estimate of drug-likeness (QED) is 0.479. The van der Waals surface area contributed by atoms with E-state index in [1.807, 2.05) is 0 Å². The summed E-state index contributed by atoms with van der Waals surface area (Å²) in [5.74, 6) is -0.270. The van der Waals surface area contributed by atoms with E-state index in [1.165, 1.54) is 6.92 Å². The normalized spacial score (nSPS) is 18.1. The lowest BCUT2D eigenvalue weighted by atomic mass is 10.1. The van der Waals surface area contributed by atoms with Crippen LogP contribution in [0.4, 0.5) is 13.2 Å². The molecular formula is C9H9F3N2O4S. The van der Waals surface area contributed by atoms with Crippen LogP contribution in [0.15, 0.2) is 16.9 Å². The lowest BCUT2D eigenvalue weighted by molar-refractivity contribution is -0.0526. The summed E-state index contributed by atoms with van der Waals surface area (Å²) in [6.45, 7) is 4.77. The molecule has 0 radical (unpaired) electrons. The van der Waals surface area contributed by atoms with E-state index in [0.717, 1.165) is 0 Å². The summed E-state index contributed by atoms with van der Waals surface area (Å²) in [6, 6.07) is 0. The van der Waals surface area contributed by atoms with Gasteiger partial charge in [-0.15, -0.1) is 0 Å². The average molecular weight is 298 g/mol. The minimum atomic E-state index is -5.73. The van der Waals surface area contributed by atoms with Gasteiger partial charge in [-0.05, 0) is 19.8 Å². The van der Waals surface area contributed by atoms with Crippen LogP contribution >= 0.6 is 0 Å². The second-order valence-electron chi connectivity index (χ2n) is 4.14. The summed E-state index contributed by atoms with van der Waals surface area (Å²) in [7, 11) is -5.73. The Morgan fingerprint density at radius 1 is 1.47 bits per heavy atom. The fourth-order valence-electron chi connectivity index (χ4n) is 1.49. The van der Waals surface area contributed by atoms with Gasteiger partial charge in [-0.3, -0.25) is 0 Å². The third-order valence-electron chi connectivity index (χ3n) is 2.71. The van der Waals surface area contributed by atoms with E-state index in [2.05, 4.69) is 20.9 Å². The molecule has 0 amide bonds. The Bertz CT molecular complexity index is 616. The van der Waals surface area contributed by atoms with Crippen molar-refractivity contribution in [1.29, 1.82) is 0 Å². The molecule has 1 heterocycles. The van der Waals surface area contributed by atoms with E-state index in [-0.39, 0.29) is 11.7 Å². The highest BCUT2D eigenvalue weighted by Gasteiger charge is 2.57. The van der Waals surface area contributed by atoms with E-state index in [4.69, 9.17) is 4.52 Å². The molecule has 0 atom stereocenters. The first-order chi connectivity index (χ1) is 8.58. The molecule has 19 heavy (non-hydrogen) atoms. The van der Waals surface area contributed by atoms with Crippen LogP contribution in [-0.2, 0) is 19.7 Å². The van der Waals surface area contributed by atoms with Gasteiger partial charge in [-0.25, -0.2) is 0 Å². The molecule has 106 valence electrons. The van der Waals surface area contributed by atoms with Gasteiger partial charge in [0.2, 0.25) is 5.89 Å². The van der Waals surface area contributed by atoms with E-state index < -0.39 is 26.8 Å². The lowest BCUT2D eigenvalue weighted by Gasteiger charge is -2.16. The number of aryl methyl sites for hydroxylation is 1. The molecule has 0 aromatic carbocycles. The van der Waals surface area contributed by atoms with Crippen LogP contribution in [0.1, 0.15) is 24.6 Å². The van der Waals surface area contributed by atoms with Crippen molar-refractivity contribution in [3.05, 3.63) is 24.1 Å². The first kappa shape index (κ1) is 13.8. The van der Waals surface area contributed by atoms with Gasteiger partial charge in [0.15, 0.2) is 5.82 Å². The number of halogens is 3. The predicted octanol–water partition coefficient (Wildman–Crippen LogP) is 1.79. The summed E-state index contributed by atoms with van der Waals surface area (Å²) in [6.07, 6.45) is 0.668. The maximum Gasteiger partial charge on any atom is 0.534 e. The molecule has 1 fully saturated rings. The van der Waals surface area contributed by atoms with Crippen molar-refractivity contribution in [2.45, 2.75) is 30.7 Å². The molecule has 6 nitrogen and oxygen atoms in total. The predicted molar refractivity (Wildman–Crippen MR) is 55.1 cm³/mol. The van der Waals surface area contributed by atoms with E-state index in [0.29, 0.717) is 12.8 Å². The molecule has 0 spiro atoms. The highest BCUT2D eigenvalue weighted by molar-refractivity contribution is 7.87. The van der Waals surface area contributed by atoms with Gasteiger partial charge in [-0.1, -0.05) is 11.7 Å². The van der Waals surface area contributed by atoms with Crippen molar-refractivity contribution in [3.8, 4) is 0 Å². The van der Waals surface area contributed by atoms with Crippen molar-refractivity contribution in [3.63, 3.8) is 0 Å². The second kappa shape index (κ2) is 3.95. The Labute approximate surface area is 106 Å². The fraction of sp³-hybridized carbons (Fsp3) is 0.556. The summed E-state index contributed by atoms with van der Waals surface area (Å²) in [5.41, 5.74) is -6.64. The highest BCUT2D eigenvalue weighted by Crippen LogP contribution is 2.53. The third kappa shape index (κ3) is 2.31. The van der Waals surface area contributed by atoms with Gasteiger partial charge in [0, 0.05) is 0 Å². The maximum atomic E-state index is 12.2. The smallest absolute Gasteiger partial charge is 0.380 e. The minimum Gasteiger partial charge on any atom is -0.380 e. The van der Waals surface area contributed by atoms with Gasteiger partial charge in [0.25, 0.3) is 0 Å². The van der Waals surface area contributed by atoms with Crippen LogP contribution in [0.2, 0.25) is 0 Å². The summed E-state index contributed by atoms with van der Waals surface area (Å²) >= 11 is 0. The number of nitrogens with zero attached hydrogens (tertiary/aromatic N) is 2. The molecule has 0 unspecified atom stereocenters. The number of aromatic nitrogens is 2. The largest absolute Gasteiger partial charge is 0.534 e. The van der Waals surface area contributed by atoms with Crippen LogP contribution in [0.25, 0.3) is 0 Å². The molecule has 1 aliphatic carbocycles. The maximum absolute atomic E-state index is 12.2. The Morgan fingerprint density at radius 3 is 2.42 bits per heavy atom. The van der Waals surface area contributed by atoms with E-state index >= 15 is 0 Å². The number of hydrogen-bond donors (Lipinski definition) is 0. The molecule has 1 saturated carbocycles. The monoisotopic (exact) mass is 298 g/mol. The SMILES string of the molecule is C=C(OS(=O)(=O)C(F)(F)F)C1(c2nc(C)no2)CC1. The van der Waals surface area contributed by atoms with Crippen molar-refractivity contribution >= 4 is 10.1 Å². The van der Waals surface area contributed by atoms with Crippen LogP contribution < -0.4 is 0 Å². The highest BCUT2D eigenvalue weighted by atomic mass is 32.2. The molecular weight excluding hydrogens is 289 g/mol. The average Bonchev–Trinajstić information content (AvgIpc) is 2.94. The van der Waals surface area contributed by atoms with Crippen LogP contribution in [0.5, 0.6) is 0 Å². The molecule has 1 aromatic rings. The molecule has 0 aliphatic heterocycles. The van der Waals surface area contributed by atoms with Crippen molar-refractivity contribution in [2.75, 3.05) is 0 Å². The zero-order chi connectivity index (χ0) is 14.5. The summed E-state index contributed by atoms with van der Waals surface area (Å²) in [5, 5.41) is 3.50. The molecule has 0 saturated heterocycles. The molecule has 2 rings (SSSR count). The first-order valence-corrected chi connectivity index (χ1v) is 6.50. The summed E-state index contributed by atoms with van der Waals surface area (Å²) < 4.78 is 67.3. The minimum absolute atomic E-state index is 0.00683. The fourth-order valence-corrected chi connectivity index (χ4v) is 2.01.